The van der Waals surface area contributed by atoms with Gasteiger partial charge < -0.3 is 4.90 Å². The Morgan fingerprint density at radius 1 is 1.09 bits per heavy atom. The summed E-state index contributed by atoms with van der Waals surface area (Å²) >= 11 is 0. The molecule has 0 N–H and O–H groups in total. The van der Waals surface area contributed by atoms with Crippen LogP contribution in [0.2, 0.25) is 0 Å². The summed E-state index contributed by atoms with van der Waals surface area (Å²) in [6.45, 7) is 0. The van der Waals surface area contributed by atoms with E-state index in [4.69, 9.17) is 0 Å². The summed E-state index contributed by atoms with van der Waals surface area (Å²) in [5.74, 6) is 0. The van der Waals surface area contributed by atoms with E-state index in [2.05, 4.69) is 0 Å². The lowest BCUT2D eigenvalue weighted by molar-refractivity contribution is -0.137. The lowest BCUT2D eigenvalue weighted by Crippen LogP contribution is -2.07. The molecule has 0 spiro atoms. The van der Waals surface area contributed by atoms with Crippen LogP contribution in [0.25, 0.3) is 11.6 Å². The van der Waals surface area contributed by atoms with E-state index in [1.54, 1.807) is 6.08 Å². The second-order valence-corrected chi connectivity index (χ2v) is 5.23. The molecule has 0 aliphatic carbocycles. The van der Waals surface area contributed by atoms with Crippen LogP contribution in [0.3, 0.4) is 0 Å². The Bertz CT molecular complexity index is 751. The van der Waals surface area contributed by atoms with Crippen molar-refractivity contribution in [3.8, 4) is 6.07 Å². The van der Waals surface area contributed by atoms with Crippen LogP contribution in [-0.2, 0) is 6.18 Å². The maximum Gasteiger partial charge on any atom is 0.416 e. The molecule has 0 unspecified atom stereocenters. The molecule has 0 aliphatic heterocycles. The van der Waals surface area contributed by atoms with E-state index in [1.165, 1.54) is 12.1 Å². The van der Waals surface area contributed by atoms with Gasteiger partial charge in [0.2, 0.25) is 0 Å². The fourth-order valence-corrected chi connectivity index (χ4v) is 2.08. The van der Waals surface area contributed by atoms with Gasteiger partial charge in [-0.2, -0.15) is 18.4 Å². The number of hydrogen-bond donors (Lipinski definition) is 0. The lowest BCUT2D eigenvalue weighted by atomic mass is 10.0. The molecule has 0 atom stereocenters. The van der Waals surface area contributed by atoms with Gasteiger partial charge in [0.15, 0.2) is 0 Å². The maximum absolute atomic E-state index is 12.8. The molecule has 2 aromatic rings. The number of benzene rings is 2. The molecule has 2 aromatic carbocycles. The van der Waals surface area contributed by atoms with Crippen molar-refractivity contribution < 1.29 is 13.2 Å². The van der Waals surface area contributed by atoms with Crippen molar-refractivity contribution in [3.05, 3.63) is 65.2 Å². The van der Waals surface area contributed by atoms with Crippen LogP contribution < -0.4 is 4.90 Å². The molecule has 5 heteroatoms. The molecule has 2 nitrogen and oxygen atoms in total. The lowest BCUT2D eigenvalue weighted by Gasteiger charge is -2.12. The molecule has 2 rings (SSSR count). The average Bonchev–Trinajstić information content (AvgIpc) is 2.52. The molecule has 0 amide bonds. The minimum absolute atomic E-state index is 0.189. The van der Waals surface area contributed by atoms with Crippen LogP contribution in [0, 0.1) is 11.3 Å². The Morgan fingerprint density at radius 3 is 2.26 bits per heavy atom. The summed E-state index contributed by atoms with van der Waals surface area (Å²) in [5.41, 5.74) is 1.43. The second-order valence-electron chi connectivity index (χ2n) is 5.23. The first kappa shape index (κ1) is 16.6. The normalized spacial score (nSPS) is 11.9. The number of rotatable bonds is 3. The van der Waals surface area contributed by atoms with Crippen LogP contribution >= 0.6 is 0 Å². The topological polar surface area (TPSA) is 27.0 Å². The minimum atomic E-state index is -4.43. The van der Waals surface area contributed by atoms with E-state index in [0.29, 0.717) is 0 Å². The third-order valence-corrected chi connectivity index (χ3v) is 3.34. The molecular weight excluding hydrogens is 301 g/mol. The molecule has 0 saturated carbocycles. The summed E-state index contributed by atoms with van der Waals surface area (Å²) in [7, 11) is 3.82. The molecular formula is C18H15F3N2. The molecule has 0 fully saturated rings. The Kier molecular flexibility index (Phi) is 4.75. The largest absolute Gasteiger partial charge is 0.416 e. The standard InChI is InChI=1S/C18H15F3N2/c1-23(2)17-8-6-13(7-9-17)10-15(12-22)14-4-3-5-16(11-14)18(19,20)21/h3-11H,1-2H3/b15-10+. The van der Waals surface area contributed by atoms with Gasteiger partial charge in [0.05, 0.1) is 17.2 Å². The van der Waals surface area contributed by atoms with Crippen molar-refractivity contribution in [2.45, 2.75) is 6.18 Å². The number of hydrogen-bond acceptors (Lipinski definition) is 2. The molecule has 0 heterocycles. The van der Waals surface area contributed by atoms with Gasteiger partial charge in [-0.1, -0.05) is 24.3 Å². The van der Waals surface area contributed by atoms with E-state index in [0.717, 1.165) is 23.4 Å². The van der Waals surface area contributed by atoms with Gasteiger partial charge in [-0.15, -0.1) is 0 Å². The van der Waals surface area contributed by atoms with Crippen LogP contribution in [-0.4, -0.2) is 14.1 Å². The Labute approximate surface area is 133 Å². The Morgan fingerprint density at radius 2 is 1.74 bits per heavy atom. The molecule has 0 bridgehead atoms. The zero-order chi connectivity index (χ0) is 17.0. The highest BCUT2D eigenvalue weighted by atomic mass is 19.4. The summed E-state index contributed by atoms with van der Waals surface area (Å²) in [5, 5.41) is 9.27. The molecule has 0 aromatic heterocycles. The predicted molar refractivity (Wildman–Crippen MR) is 85.7 cm³/mol. The Balaban J connectivity index is 2.38. The average molecular weight is 316 g/mol. The second kappa shape index (κ2) is 6.57. The highest BCUT2D eigenvalue weighted by Gasteiger charge is 2.30. The van der Waals surface area contributed by atoms with E-state index in [-0.39, 0.29) is 11.1 Å². The maximum atomic E-state index is 12.8. The summed E-state index contributed by atoms with van der Waals surface area (Å²) in [4.78, 5) is 1.94. The third kappa shape index (κ3) is 4.13. The van der Waals surface area contributed by atoms with Gasteiger partial charge in [-0.3, -0.25) is 0 Å². The molecule has 0 radical (unpaired) electrons. The Hall–Kier alpha value is -2.74. The minimum Gasteiger partial charge on any atom is -0.378 e. The van der Waals surface area contributed by atoms with Crippen molar-refractivity contribution in [2.24, 2.45) is 0 Å². The number of allylic oxidation sites excluding steroid dienone is 1. The first-order valence-electron chi connectivity index (χ1n) is 6.88. The summed E-state index contributed by atoms with van der Waals surface area (Å²) in [6, 6.07) is 14.2. The molecule has 0 aliphatic rings. The van der Waals surface area contributed by atoms with Gasteiger partial charge in [0, 0.05) is 19.8 Å². The number of nitrogens with zero attached hydrogens (tertiary/aromatic N) is 2. The van der Waals surface area contributed by atoms with Gasteiger partial charge in [0.25, 0.3) is 0 Å². The number of nitriles is 1. The van der Waals surface area contributed by atoms with E-state index in [9.17, 15) is 18.4 Å². The fourth-order valence-electron chi connectivity index (χ4n) is 2.08. The number of alkyl halides is 3. The SMILES string of the molecule is CN(C)c1ccc(/C=C(\C#N)c2cccc(C(F)(F)F)c2)cc1. The van der Waals surface area contributed by atoms with Gasteiger partial charge in [-0.05, 0) is 41.5 Å². The number of anilines is 1. The molecule has 23 heavy (non-hydrogen) atoms. The van der Waals surface area contributed by atoms with Crippen LogP contribution in [0.5, 0.6) is 0 Å². The van der Waals surface area contributed by atoms with E-state index in [1.807, 2.05) is 49.3 Å². The van der Waals surface area contributed by atoms with Crippen molar-refractivity contribution in [3.63, 3.8) is 0 Å². The highest BCUT2D eigenvalue weighted by molar-refractivity contribution is 5.89. The molecule has 0 saturated heterocycles. The predicted octanol–water partition coefficient (Wildman–Crippen LogP) is 4.84. The van der Waals surface area contributed by atoms with Crippen LogP contribution in [0.4, 0.5) is 18.9 Å². The van der Waals surface area contributed by atoms with E-state index >= 15 is 0 Å². The highest BCUT2D eigenvalue weighted by Crippen LogP contribution is 2.31. The van der Waals surface area contributed by atoms with Crippen molar-refractivity contribution in [2.75, 3.05) is 19.0 Å². The fraction of sp³-hybridized carbons (Fsp3) is 0.167. The van der Waals surface area contributed by atoms with Gasteiger partial charge >= 0.3 is 6.18 Å². The van der Waals surface area contributed by atoms with Crippen molar-refractivity contribution in [1.82, 2.24) is 0 Å². The monoisotopic (exact) mass is 316 g/mol. The molecule has 118 valence electrons. The van der Waals surface area contributed by atoms with Gasteiger partial charge in [-0.25, -0.2) is 0 Å². The van der Waals surface area contributed by atoms with Crippen molar-refractivity contribution >= 4 is 17.3 Å². The zero-order valence-corrected chi connectivity index (χ0v) is 12.7. The smallest absolute Gasteiger partial charge is 0.378 e. The quantitative estimate of drug-likeness (QED) is 0.599. The van der Waals surface area contributed by atoms with Gasteiger partial charge in [0.1, 0.15) is 0 Å². The number of halogens is 3. The van der Waals surface area contributed by atoms with Crippen LogP contribution in [0.15, 0.2) is 48.5 Å². The zero-order valence-electron chi connectivity index (χ0n) is 12.7. The van der Waals surface area contributed by atoms with E-state index < -0.39 is 11.7 Å². The van der Waals surface area contributed by atoms with Crippen molar-refractivity contribution in [1.29, 1.82) is 5.26 Å². The first-order chi connectivity index (χ1) is 10.8. The third-order valence-electron chi connectivity index (χ3n) is 3.34. The summed E-state index contributed by atoms with van der Waals surface area (Å²) in [6.07, 6.45) is -2.85. The first-order valence-corrected chi connectivity index (χ1v) is 6.88. The summed E-state index contributed by atoms with van der Waals surface area (Å²) < 4.78 is 38.3. The van der Waals surface area contributed by atoms with Crippen LogP contribution in [0.1, 0.15) is 16.7 Å².